The number of hydrogen-bond acceptors (Lipinski definition) is 4. The average Bonchev–Trinajstić information content (AvgIpc) is 3.10. The van der Waals surface area contributed by atoms with E-state index in [1.165, 1.54) is 23.5 Å². The van der Waals surface area contributed by atoms with Crippen molar-refractivity contribution in [2.45, 2.75) is 6.10 Å². The number of amides is 1. The number of halogens is 1. The SMILES string of the molecule is O=C(c1ccsc1)N1CCN(CC(O)c2ccc(F)cc2)CC1. The highest BCUT2D eigenvalue weighted by Gasteiger charge is 2.23. The molecule has 1 aliphatic rings. The summed E-state index contributed by atoms with van der Waals surface area (Å²) < 4.78 is 12.9. The maximum atomic E-state index is 12.9. The van der Waals surface area contributed by atoms with Gasteiger partial charge in [-0.2, -0.15) is 11.3 Å². The van der Waals surface area contributed by atoms with E-state index in [2.05, 4.69) is 4.90 Å². The number of β-amino-alcohol motifs (C(OH)–C–C–N with tert-alkyl or cyclic N) is 1. The van der Waals surface area contributed by atoms with Crippen LogP contribution in [0.2, 0.25) is 0 Å². The van der Waals surface area contributed by atoms with Crippen LogP contribution in [0.15, 0.2) is 41.1 Å². The summed E-state index contributed by atoms with van der Waals surface area (Å²) in [7, 11) is 0. The van der Waals surface area contributed by atoms with Gasteiger partial charge in [-0.3, -0.25) is 9.69 Å². The van der Waals surface area contributed by atoms with Crippen molar-refractivity contribution in [3.05, 3.63) is 58.0 Å². The third-order valence-corrected chi connectivity index (χ3v) is 4.80. The Hall–Kier alpha value is -1.76. The maximum Gasteiger partial charge on any atom is 0.254 e. The summed E-state index contributed by atoms with van der Waals surface area (Å²) in [5, 5.41) is 14.0. The Morgan fingerprint density at radius 2 is 1.87 bits per heavy atom. The Balaban J connectivity index is 1.51. The molecule has 6 heteroatoms. The Morgan fingerprint density at radius 1 is 1.17 bits per heavy atom. The molecule has 0 saturated carbocycles. The van der Waals surface area contributed by atoms with Gasteiger partial charge in [0, 0.05) is 38.1 Å². The first-order valence-electron chi connectivity index (χ1n) is 7.61. The summed E-state index contributed by atoms with van der Waals surface area (Å²) in [5.74, 6) is -0.230. The highest BCUT2D eigenvalue weighted by atomic mass is 32.1. The first kappa shape index (κ1) is 16.1. The van der Waals surface area contributed by atoms with Crippen molar-refractivity contribution in [2.24, 2.45) is 0 Å². The topological polar surface area (TPSA) is 43.8 Å². The van der Waals surface area contributed by atoms with Crippen molar-refractivity contribution in [1.82, 2.24) is 9.80 Å². The Kier molecular flexibility index (Phi) is 5.05. The molecular formula is C17H19FN2O2S. The van der Waals surface area contributed by atoms with E-state index in [-0.39, 0.29) is 11.7 Å². The average molecular weight is 334 g/mol. The summed E-state index contributed by atoms with van der Waals surface area (Å²) >= 11 is 1.52. The molecule has 23 heavy (non-hydrogen) atoms. The number of carbonyl (C=O) groups is 1. The smallest absolute Gasteiger partial charge is 0.254 e. The lowest BCUT2D eigenvalue weighted by Gasteiger charge is -2.35. The van der Waals surface area contributed by atoms with Crippen LogP contribution in [0.4, 0.5) is 4.39 Å². The van der Waals surface area contributed by atoms with Crippen LogP contribution in [-0.4, -0.2) is 53.5 Å². The fourth-order valence-corrected chi connectivity index (χ4v) is 3.37. The quantitative estimate of drug-likeness (QED) is 0.934. The van der Waals surface area contributed by atoms with Crippen molar-refractivity contribution >= 4 is 17.2 Å². The number of benzene rings is 1. The van der Waals surface area contributed by atoms with E-state index in [1.807, 2.05) is 21.7 Å². The number of hydrogen-bond donors (Lipinski definition) is 1. The van der Waals surface area contributed by atoms with Crippen molar-refractivity contribution < 1.29 is 14.3 Å². The van der Waals surface area contributed by atoms with E-state index in [9.17, 15) is 14.3 Å². The lowest BCUT2D eigenvalue weighted by atomic mass is 10.1. The summed E-state index contributed by atoms with van der Waals surface area (Å²) in [6.07, 6.45) is -0.644. The molecule has 0 bridgehead atoms. The van der Waals surface area contributed by atoms with E-state index < -0.39 is 6.10 Å². The van der Waals surface area contributed by atoms with E-state index in [0.29, 0.717) is 25.2 Å². The molecule has 1 unspecified atom stereocenters. The molecule has 1 aliphatic heterocycles. The number of aliphatic hydroxyl groups excluding tert-OH is 1. The first-order valence-corrected chi connectivity index (χ1v) is 8.55. The van der Waals surface area contributed by atoms with Crippen molar-refractivity contribution in [3.63, 3.8) is 0 Å². The zero-order valence-corrected chi connectivity index (χ0v) is 13.5. The summed E-state index contributed by atoms with van der Waals surface area (Å²) in [5.41, 5.74) is 1.46. The van der Waals surface area contributed by atoms with Gasteiger partial charge in [-0.15, -0.1) is 0 Å². The van der Waals surface area contributed by atoms with Crippen LogP contribution in [0.25, 0.3) is 0 Å². The van der Waals surface area contributed by atoms with Crippen LogP contribution in [0, 0.1) is 5.82 Å². The molecule has 0 radical (unpaired) electrons. The van der Waals surface area contributed by atoms with Gasteiger partial charge >= 0.3 is 0 Å². The number of aliphatic hydroxyl groups is 1. The molecule has 0 aliphatic carbocycles. The van der Waals surface area contributed by atoms with Gasteiger partial charge in [0.2, 0.25) is 0 Å². The molecule has 0 spiro atoms. The van der Waals surface area contributed by atoms with Crippen LogP contribution in [0.1, 0.15) is 22.0 Å². The molecule has 2 heterocycles. The second-order valence-electron chi connectivity index (χ2n) is 5.67. The highest BCUT2D eigenvalue weighted by molar-refractivity contribution is 7.08. The molecule has 2 aromatic rings. The molecule has 1 aromatic carbocycles. The van der Waals surface area contributed by atoms with Crippen LogP contribution >= 0.6 is 11.3 Å². The highest BCUT2D eigenvalue weighted by Crippen LogP contribution is 2.17. The van der Waals surface area contributed by atoms with Gasteiger partial charge in [0.15, 0.2) is 0 Å². The Morgan fingerprint density at radius 3 is 2.48 bits per heavy atom. The van der Waals surface area contributed by atoms with Gasteiger partial charge in [0.05, 0.1) is 11.7 Å². The Labute approximate surface area is 138 Å². The number of carbonyl (C=O) groups excluding carboxylic acids is 1. The number of piperazine rings is 1. The first-order chi connectivity index (χ1) is 11.1. The minimum absolute atomic E-state index is 0.0741. The standard InChI is InChI=1S/C17H19FN2O2S/c18-15-3-1-13(2-4-15)16(21)11-19-6-8-20(9-7-19)17(22)14-5-10-23-12-14/h1-5,10,12,16,21H,6-9,11H2. The normalized spacial score (nSPS) is 17.2. The molecule has 3 rings (SSSR count). The third kappa shape index (κ3) is 3.96. The predicted octanol–water partition coefficient (Wildman–Crippen LogP) is 2.38. The Bertz CT molecular complexity index is 637. The van der Waals surface area contributed by atoms with E-state index >= 15 is 0 Å². The van der Waals surface area contributed by atoms with Gasteiger partial charge < -0.3 is 10.0 Å². The van der Waals surface area contributed by atoms with Gasteiger partial charge in [0.25, 0.3) is 5.91 Å². The number of nitrogens with zero attached hydrogens (tertiary/aromatic N) is 2. The van der Waals surface area contributed by atoms with Gasteiger partial charge in [-0.05, 0) is 29.1 Å². The van der Waals surface area contributed by atoms with E-state index in [0.717, 1.165) is 18.7 Å². The minimum atomic E-state index is -0.644. The van der Waals surface area contributed by atoms with Crippen LogP contribution in [0.3, 0.4) is 0 Å². The lowest BCUT2D eigenvalue weighted by Crippen LogP contribution is -2.49. The van der Waals surface area contributed by atoms with Gasteiger partial charge in [-0.1, -0.05) is 12.1 Å². The van der Waals surface area contributed by atoms with Crippen LogP contribution in [0.5, 0.6) is 0 Å². The molecule has 1 atom stereocenters. The van der Waals surface area contributed by atoms with Crippen LogP contribution < -0.4 is 0 Å². The second kappa shape index (κ2) is 7.21. The molecule has 1 saturated heterocycles. The molecule has 1 aromatic heterocycles. The largest absolute Gasteiger partial charge is 0.387 e. The molecule has 1 N–H and O–H groups in total. The minimum Gasteiger partial charge on any atom is -0.387 e. The van der Waals surface area contributed by atoms with Gasteiger partial charge in [-0.25, -0.2) is 4.39 Å². The summed E-state index contributed by atoms with van der Waals surface area (Å²) in [6, 6.07) is 7.77. The maximum absolute atomic E-state index is 12.9. The zero-order valence-electron chi connectivity index (χ0n) is 12.7. The molecule has 1 fully saturated rings. The molecule has 4 nitrogen and oxygen atoms in total. The summed E-state index contributed by atoms with van der Waals surface area (Å²) in [6.45, 7) is 3.27. The van der Waals surface area contributed by atoms with E-state index in [1.54, 1.807) is 12.1 Å². The lowest BCUT2D eigenvalue weighted by molar-refractivity contribution is 0.0528. The van der Waals surface area contributed by atoms with Crippen LogP contribution in [-0.2, 0) is 0 Å². The fourth-order valence-electron chi connectivity index (χ4n) is 2.74. The zero-order chi connectivity index (χ0) is 16.2. The second-order valence-corrected chi connectivity index (χ2v) is 6.45. The van der Waals surface area contributed by atoms with Crippen molar-refractivity contribution in [3.8, 4) is 0 Å². The van der Waals surface area contributed by atoms with Crippen molar-refractivity contribution in [2.75, 3.05) is 32.7 Å². The fraction of sp³-hybridized carbons (Fsp3) is 0.353. The molecule has 1 amide bonds. The number of thiophene rings is 1. The van der Waals surface area contributed by atoms with Gasteiger partial charge in [0.1, 0.15) is 5.82 Å². The third-order valence-electron chi connectivity index (χ3n) is 4.11. The summed E-state index contributed by atoms with van der Waals surface area (Å²) in [4.78, 5) is 16.3. The van der Waals surface area contributed by atoms with E-state index in [4.69, 9.17) is 0 Å². The molecule has 122 valence electrons. The monoisotopic (exact) mass is 334 g/mol. The molecular weight excluding hydrogens is 315 g/mol. The number of rotatable bonds is 4. The predicted molar refractivity (Wildman–Crippen MR) is 88.0 cm³/mol. The van der Waals surface area contributed by atoms with Crippen molar-refractivity contribution in [1.29, 1.82) is 0 Å².